The van der Waals surface area contributed by atoms with Crippen LogP contribution in [0, 0.1) is 0 Å². The van der Waals surface area contributed by atoms with E-state index in [1.54, 1.807) is 0 Å². The molecule has 2 atom stereocenters. The molecule has 0 radical (unpaired) electrons. The summed E-state index contributed by atoms with van der Waals surface area (Å²) in [5.41, 5.74) is 2.92. The Labute approximate surface area is 115 Å². The molecule has 0 spiro atoms. The minimum absolute atomic E-state index is 0.523. The van der Waals surface area contributed by atoms with Gasteiger partial charge in [-0.1, -0.05) is 60.7 Å². The van der Waals surface area contributed by atoms with Crippen LogP contribution in [0.25, 0.3) is 0 Å². The van der Waals surface area contributed by atoms with E-state index in [-0.39, 0.29) is 0 Å². The fraction of sp³-hybridized carbons (Fsp3) is 0.333. The lowest BCUT2D eigenvalue weighted by Gasteiger charge is -2.24. The van der Waals surface area contributed by atoms with E-state index in [2.05, 4.69) is 72.5 Å². The van der Waals surface area contributed by atoms with Gasteiger partial charge in [-0.15, -0.1) is 0 Å². The van der Waals surface area contributed by atoms with Gasteiger partial charge in [-0.2, -0.15) is 0 Å². The van der Waals surface area contributed by atoms with Crippen molar-refractivity contribution >= 4 is 0 Å². The van der Waals surface area contributed by atoms with Crippen LogP contribution in [0.3, 0.4) is 0 Å². The van der Waals surface area contributed by atoms with Gasteiger partial charge >= 0.3 is 0 Å². The van der Waals surface area contributed by atoms with Crippen LogP contribution in [-0.2, 0) is 0 Å². The second-order valence-electron chi connectivity index (χ2n) is 5.48. The van der Waals surface area contributed by atoms with Crippen molar-refractivity contribution in [3.8, 4) is 0 Å². The summed E-state index contributed by atoms with van der Waals surface area (Å²) in [6, 6.07) is 22.3. The highest BCUT2D eigenvalue weighted by Crippen LogP contribution is 2.32. The Bertz CT molecular complexity index is 506. The summed E-state index contributed by atoms with van der Waals surface area (Å²) in [7, 11) is 0. The summed E-state index contributed by atoms with van der Waals surface area (Å²) >= 11 is 0. The maximum absolute atomic E-state index is 2.60. The molecule has 2 aromatic carbocycles. The number of rotatable bonds is 3. The first-order valence-electron chi connectivity index (χ1n) is 7.18. The Morgan fingerprint density at radius 2 is 1.58 bits per heavy atom. The first-order valence-corrected chi connectivity index (χ1v) is 7.18. The third-order valence-electron chi connectivity index (χ3n) is 4.32. The Morgan fingerprint density at radius 3 is 2.26 bits per heavy atom. The first-order chi connectivity index (χ1) is 9.34. The van der Waals surface area contributed by atoms with Gasteiger partial charge in [0.05, 0.1) is 0 Å². The van der Waals surface area contributed by atoms with Crippen molar-refractivity contribution in [2.24, 2.45) is 0 Å². The minimum atomic E-state index is 0.523. The molecule has 3 rings (SSSR count). The monoisotopic (exact) mass is 251 g/mol. The van der Waals surface area contributed by atoms with E-state index in [1.165, 1.54) is 30.6 Å². The van der Waals surface area contributed by atoms with Gasteiger partial charge in [0, 0.05) is 12.6 Å². The average Bonchev–Trinajstić information content (AvgIpc) is 2.98. The molecule has 19 heavy (non-hydrogen) atoms. The van der Waals surface area contributed by atoms with E-state index in [4.69, 9.17) is 0 Å². The van der Waals surface area contributed by atoms with Crippen molar-refractivity contribution in [1.82, 2.24) is 4.90 Å². The molecule has 1 heteroatoms. The maximum Gasteiger partial charge on any atom is 0.0320 e. The molecule has 98 valence electrons. The SMILES string of the molecule is C[C@H](c1ccccc1)N1CC[C@@H](c2ccccc2)C1. The molecule has 0 bridgehead atoms. The number of likely N-dealkylation sites (tertiary alicyclic amines) is 1. The molecule has 0 N–H and O–H groups in total. The molecule has 1 saturated heterocycles. The van der Waals surface area contributed by atoms with Crippen molar-refractivity contribution in [2.45, 2.75) is 25.3 Å². The highest BCUT2D eigenvalue weighted by atomic mass is 15.2. The lowest BCUT2D eigenvalue weighted by Crippen LogP contribution is -2.24. The molecule has 0 saturated carbocycles. The summed E-state index contributed by atoms with van der Waals surface area (Å²) < 4.78 is 0. The van der Waals surface area contributed by atoms with E-state index < -0.39 is 0 Å². The zero-order valence-corrected chi connectivity index (χ0v) is 11.5. The number of hydrogen-bond acceptors (Lipinski definition) is 1. The Balaban J connectivity index is 1.69. The largest absolute Gasteiger partial charge is 0.296 e. The quantitative estimate of drug-likeness (QED) is 0.788. The lowest BCUT2D eigenvalue weighted by atomic mass is 9.98. The summed E-state index contributed by atoms with van der Waals surface area (Å²) in [5.74, 6) is 0.701. The molecule has 2 aromatic rings. The fourth-order valence-corrected chi connectivity index (χ4v) is 3.08. The van der Waals surface area contributed by atoms with Crippen molar-refractivity contribution < 1.29 is 0 Å². The third kappa shape index (κ3) is 2.71. The molecular formula is C18H21N. The number of benzene rings is 2. The second-order valence-corrected chi connectivity index (χ2v) is 5.48. The van der Waals surface area contributed by atoms with Crippen molar-refractivity contribution in [3.05, 3.63) is 71.8 Å². The van der Waals surface area contributed by atoms with Gasteiger partial charge in [-0.05, 0) is 36.9 Å². The summed E-state index contributed by atoms with van der Waals surface area (Å²) in [5, 5.41) is 0. The van der Waals surface area contributed by atoms with Crippen LogP contribution in [-0.4, -0.2) is 18.0 Å². The molecule has 1 aliphatic rings. The van der Waals surface area contributed by atoms with Crippen LogP contribution >= 0.6 is 0 Å². The van der Waals surface area contributed by atoms with Gasteiger partial charge in [-0.3, -0.25) is 4.90 Å². The Hall–Kier alpha value is -1.60. The molecular weight excluding hydrogens is 230 g/mol. The van der Waals surface area contributed by atoms with Crippen LogP contribution in [0.5, 0.6) is 0 Å². The fourth-order valence-electron chi connectivity index (χ4n) is 3.08. The second kappa shape index (κ2) is 5.58. The van der Waals surface area contributed by atoms with Crippen molar-refractivity contribution in [2.75, 3.05) is 13.1 Å². The maximum atomic E-state index is 2.60. The van der Waals surface area contributed by atoms with Gasteiger partial charge in [0.15, 0.2) is 0 Å². The Kier molecular flexibility index (Phi) is 3.65. The summed E-state index contributed by atoms with van der Waals surface area (Å²) in [6.07, 6.45) is 1.28. The zero-order valence-electron chi connectivity index (χ0n) is 11.5. The summed E-state index contributed by atoms with van der Waals surface area (Å²) in [4.78, 5) is 2.60. The molecule has 1 heterocycles. The smallest absolute Gasteiger partial charge is 0.0320 e. The van der Waals surface area contributed by atoms with Crippen molar-refractivity contribution in [1.29, 1.82) is 0 Å². The first kappa shape index (κ1) is 12.4. The molecule has 1 nitrogen and oxygen atoms in total. The van der Waals surface area contributed by atoms with Crippen LogP contribution in [0.1, 0.15) is 36.4 Å². The number of hydrogen-bond donors (Lipinski definition) is 0. The molecule has 1 aliphatic heterocycles. The zero-order chi connectivity index (χ0) is 13.1. The molecule has 0 amide bonds. The molecule has 0 aliphatic carbocycles. The predicted octanol–water partition coefficient (Wildman–Crippen LogP) is 4.24. The topological polar surface area (TPSA) is 3.24 Å². The van der Waals surface area contributed by atoms with Crippen LogP contribution < -0.4 is 0 Å². The van der Waals surface area contributed by atoms with Gasteiger partial charge in [0.2, 0.25) is 0 Å². The van der Waals surface area contributed by atoms with Crippen molar-refractivity contribution in [3.63, 3.8) is 0 Å². The van der Waals surface area contributed by atoms with E-state index in [0.717, 1.165) is 0 Å². The van der Waals surface area contributed by atoms with E-state index in [0.29, 0.717) is 12.0 Å². The minimum Gasteiger partial charge on any atom is -0.296 e. The average molecular weight is 251 g/mol. The molecule has 0 unspecified atom stereocenters. The van der Waals surface area contributed by atoms with E-state index in [9.17, 15) is 0 Å². The third-order valence-corrected chi connectivity index (χ3v) is 4.32. The van der Waals surface area contributed by atoms with E-state index >= 15 is 0 Å². The van der Waals surface area contributed by atoms with Gasteiger partial charge in [0.25, 0.3) is 0 Å². The number of nitrogens with zero attached hydrogens (tertiary/aromatic N) is 1. The van der Waals surface area contributed by atoms with Gasteiger partial charge < -0.3 is 0 Å². The molecule has 1 fully saturated rings. The van der Waals surface area contributed by atoms with Crippen LogP contribution in [0.15, 0.2) is 60.7 Å². The van der Waals surface area contributed by atoms with Crippen LogP contribution in [0.2, 0.25) is 0 Å². The van der Waals surface area contributed by atoms with E-state index in [1.807, 2.05) is 0 Å². The molecule has 0 aromatic heterocycles. The normalized spacial score (nSPS) is 21.4. The van der Waals surface area contributed by atoms with Crippen LogP contribution in [0.4, 0.5) is 0 Å². The highest BCUT2D eigenvalue weighted by Gasteiger charge is 2.27. The summed E-state index contributed by atoms with van der Waals surface area (Å²) in [6.45, 7) is 4.71. The van der Waals surface area contributed by atoms with Gasteiger partial charge in [-0.25, -0.2) is 0 Å². The Morgan fingerprint density at radius 1 is 0.947 bits per heavy atom. The highest BCUT2D eigenvalue weighted by molar-refractivity contribution is 5.23. The van der Waals surface area contributed by atoms with Gasteiger partial charge in [0.1, 0.15) is 0 Å². The standard InChI is InChI=1S/C18H21N/c1-15(16-8-4-2-5-9-16)19-13-12-18(14-19)17-10-6-3-7-11-17/h2-11,15,18H,12-14H2,1H3/t15-,18-/m1/s1. The predicted molar refractivity (Wildman–Crippen MR) is 80.2 cm³/mol. The lowest BCUT2D eigenvalue weighted by molar-refractivity contribution is 0.260.